The molecular formula is C34H43N5O5. The number of amides is 3. The number of para-hydroxylation sites is 1. The molecular weight excluding hydrogens is 558 g/mol. The zero-order valence-corrected chi connectivity index (χ0v) is 26.2. The first-order valence-corrected chi connectivity index (χ1v) is 15.2. The fraction of sp³-hybridized carbons (Fsp3) is 0.441. The van der Waals surface area contributed by atoms with Gasteiger partial charge in [0.25, 0.3) is 0 Å². The molecule has 3 heterocycles. The van der Waals surface area contributed by atoms with Gasteiger partial charge in [0.2, 0.25) is 0 Å². The van der Waals surface area contributed by atoms with E-state index in [1.54, 1.807) is 16.7 Å². The number of carbonyl (C=O) groups is 2. The van der Waals surface area contributed by atoms with Gasteiger partial charge in [0.15, 0.2) is 0 Å². The normalized spacial score (nSPS) is 20.2. The molecule has 1 fully saturated rings. The van der Waals surface area contributed by atoms with Crippen LogP contribution in [0.3, 0.4) is 0 Å². The van der Waals surface area contributed by atoms with Crippen LogP contribution in [-0.2, 0) is 14.2 Å². The second-order valence-electron chi connectivity index (χ2n) is 12.3. The van der Waals surface area contributed by atoms with Gasteiger partial charge in [-0.15, -0.1) is 0 Å². The predicted octanol–water partition coefficient (Wildman–Crippen LogP) is 6.26. The van der Waals surface area contributed by atoms with Crippen molar-refractivity contribution in [1.29, 1.82) is 0 Å². The summed E-state index contributed by atoms with van der Waals surface area (Å²) in [5.74, 6) is 0.588. The van der Waals surface area contributed by atoms with Gasteiger partial charge in [-0.2, -0.15) is 5.10 Å². The molecule has 10 heteroatoms. The van der Waals surface area contributed by atoms with E-state index in [1.807, 2.05) is 94.4 Å². The summed E-state index contributed by atoms with van der Waals surface area (Å²) in [7, 11) is 1.68. The highest BCUT2D eigenvalue weighted by molar-refractivity contribution is 5.91. The molecule has 2 aromatic carbocycles. The Kier molecular flexibility index (Phi) is 9.71. The van der Waals surface area contributed by atoms with Crippen molar-refractivity contribution in [3.8, 4) is 5.69 Å². The van der Waals surface area contributed by atoms with Crippen LogP contribution in [0.1, 0.15) is 63.0 Å². The topological polar surface area (TPSA) is 107 Å². The average Bonchev–Trinajstić information content (AvgIpc) is 3.56. The second-order valence-corrected chi connectivity index (χ2v) is 12.3. The molecule has 3 atom stereocenters. The van der Waals surface area contributed by atoms with E-state index in [9.17, 15) is 9.59 Å². The van der Waals surface area contributed by atoms with Crippen LogP contribution in [0.15, 0.2) is 66.7 Å². The lowest BCUT2D eigenvalue weighted by atomic mass is 10.0. The lowest BCUT2D eigenvalue weighted by Gasteiger charge is -2.29. The third kappa shape index (κ3) is 7.49. The summed E-state index contributed by atoms with van der Waals surface area (Å²) in [5.41, 5.74) is 3.96. The van der Waals surface area contributed by atoms with Gasteiger partial charge in [0.1, 0.15) is 17.5 Å². The lowest BCUT2D eigenvalue weighted by molar-refractivity contribution is 0.0212. The van der Waals surface area contributed by atoms with E-state index in [0.29, 0.717) is 38.4 Å². The monoisotopic (exact) mass is 601 g/mol. The van der Waals surface area contributed by atoms with Crippen molar-refractivity contribution >= 4 is 23.5 Å². The summed E-state index contributed by atoms with van der Waals surface area (Å²) in [5, 5.41) is 11.2. The van der Waals surface area contributed by atoms with Crippen LogP contribution < -0.4 is 10.6 Å². The molecule has 10 nitrogen and oxygen atoms in total. The number of methoxy groups -OCH3 is 1. The molecule has 3 aromatic rings. The molecule has 5 rings (SSSR count). The summed E-state index contributed by atoms with van der Waals surface area (Å²) < 4.78 is 19.0. The Hall–Kier alpha value is -4.15. The number of nitrogens with zero attached hydrogens (tertiary/aromatic N) is 3. The Morgan fingerprint density at radius 1 is 1.07 bits per heavy atom. The maximum absolute atomic E-state index is 13.6. The van der Waals surface area contributed by atoms with Gasteiger partial charge in [-0.3, -0.25) is 5.32 Å². The molecule has 1 saturated heterocycles. The summed E-state index contributed by atoms with van der Waals surface area (Å²) in [4.78, 5) is 27.9. The Labute approximate surface area is 259 Å². The molecule has 1 aromatic heterocycles. The van der Waals surface area contributed by atoms with Crippen molar-refractivity contribution < 1.29 is 23.8 Å². The molecule has 0 spiro atoms. The van der Waals surface area contributed by atoms with Gasteiger partial charge in [0, 0.05) is 32.4 Å². The van der Waals surface area contributed by atoms with Gasteiger partial charge >= 0.3 is 12.1 Å². The van der Waals surface area contributed by atoms with Crippen molar-refractivity contribution in [3.05, 3.63) is 83.6 Å². The predicted molar refractivity (Wildman–Crippen MR) is 170 cm³/mol. The van der Waals surface area contributed by atoms with Crippen LogP contribution in [0, 0.1) is 6.92 Å². The number of aromatic nitrogens is 2. The molecule has 0 aliphatic carbocycles. The highest BCUT2D eigenvalue weighted by Crippen LogP contribution is 2.35. The second kappa shape index (κ2) is 13.7. The van der Waals surface area contributed by atoms with Crippen molar-refractivity contribution in [2.45, 2.75) is 70.8 Å². The molecule has 234 valence electrons. The van der Waals surface area contributed by atoms with E-state index in [1.165, 1.54) is 0 Å². The van der Waals surface area contributed by atoms with Crippen LogP contribution in [0.2, 0.25) is 0 Å². The first-order valence-electron chi connectivity index (χ1n) is 15.2. The van der Waals surface area contributed by atoms with E-state index >= 15 is 0 Å². The van der Waals surface area contributed by atoms with Crippen molar-refractivity contribution in [1.82, 2.24) is 20.0 Å². The first kappa shape index (κ1) is 31.3. The minimum atomic E-state index is -0.552. The van der Waals surface area contributed by atoms with Crippen molar-refractivity contribution in [2.24, 2.45) is 0 Å². The Balaban J connectivity index is 1.37. The number of urea groups is 1. The minimum absolute atomic E-state index is 0.0212. The zero-order valence-electron chi connectivity index (χ0n) is 26.2. The number of ether oxygens (including phenoxy) is 3. The molecule has 0 bridgehead atoms. The van der Waals surface area contributed by atoms with Gasteiger partial charge in [-0.1, -0.05) is 54.6 Å². The third-order valence-electron chi connectivity index (χ3n) is 7.83. The van der Waals surface area contributed by atoms with E-state index in [-0.39, 0.29) is 30.4 Å². The van der Waals surface area contributed by atoms with Crippen LogP contribution in [-0.4, -0.2) is 71.4 Å². The number of benzene rings is 2. The van der Waals surface area contributed by atoms with E-state index in [0.717, 1.165) is 34.5 Å². The fourth-order valence-electron chi connectivity index (χ4n) is 5.68. The van der Waals surface area contributed by atoms with Gasteiger partial charge in [-0.05, 0) is 70.2 Å². The summed E-state index contributed by atoms with van der Waals surface area (Å²) in [6.07, 6.45) is 3.46. The van der Waals surface area contributed by atoms with E-state index in [4.69, 9.17) is 19.3 Å². The number of rotatable bonds is 8. The van der Waals surface area contributed by atoms with Crippen LogP contribution in [0.4, 0.5) is 15.4 Å². The molecule has 1 unspecified atom stereocenters. The number of carbonyl (C=O) groups excluding carboxylic acids is 2. The Morgan fingerprint density at radius 3 is 2.41 bits per heavy atom. The third-order valence-corrected chi connectivity index (χ3v) is 7.83. The summed E-state index contributed by atoms with van der Waals surface area (Å²) >= 11 is 0. The summed E-state index contributed by atoms with van der Waals surface area (Å²) in [6, 6.07) is 19.2. The zero-order chi connectivity index (χ0) is 31.3. The van der Waals surface area contributed by atoms with Gasteiger partial charge in [0.05, 0.1) is 23.5 Å². The van der Waals surface area contributed by atoms with Gasteiger partial charge < -0.3 is 24.4 Å². The lowest BCUT2D eigenvalue weighted by Crippen LogP contribution is -2.40. The van der Waals surface area contributed by atoms with E-state index in [2.05, 4.69) is 10.6 Å². The summed E-state index contributed by atoms with van der Waals surface area (Å²) in [6.45, 7) is 9.09. The maximum Gasteiger partial charge on any atom is 0.410 e. The quantitative estimate of drug-likeness (QED) is 0.316. The Morgan fingerprint density at radius 2 is 1.77 bits per heavy atom. The van der Waals surface area contributed by atoms with E-state index < -0.39 is 5.60 Å². The molecule has 0 radical (unpaired) electrons. The van der Waals surface area contributed by atoms with Crippen LogP contribution in [0.5, 0.6) is 0 Å². The smallest absolute Gasteiger partial charge is 0.410 e. The highest BCUT2D eigenvalue weighted by Gasteiger charge is 2.37. The maximum atomic E-state index is 13.6. The average molecular weight is 602 g/mol. The van der Waals surface area contributed by atoms with Crippen LogP contribution >= 0.6 is 0 Å². The molecule has 2 aliphatic rings. The number of hydrogen-bond acceptors (Lipinski definition) is 6. The standard InChI is InChI=1S/C34H43N5O5/c1-23-29(24-16-19-38(20-17-24)33(41)44-34(2,3)4)37-39(26-14-10-7-11-15-26)31(23)36-32(40)35-28-22-27(18-21-42-5)43-30(28)25-12-8-6-9-13-25/h6-16,27-28,30H,17-22H2,1-5H3,(H2,35,36,40)/t27?,28-,30+/m1/s1. The number of hydrogen-bond donors (Lipinski definition) is 2. The molecule has 2 aliphatic heterocycles. The molecule has 0 saturated carbocycles. The van der Waals surface area contributed by atoms with Gasteiger partial charge in [-0.25, -0.2) is 14.3 Å². The van der Waals surface area contributed by atoms with Crippen LogP contribution in [0.25, 0.3) is 11.3 Å². The molecule has 44 heavy (non-hydrogen) atoms. The van der Waals surface area contributed by atoms with Crippen molar-refractivity contribution in [2.75, 3.05) is 32.1 Å². The SMILES string of the molecule is COCCC1C[C@@H](NC(=O)Nc2c(C)c(C3=CCN(C(=O)OC(C)(C)C)CC3)nn2-c2ccccc2)[C@H](c2ccccc2)O1. The number of nitrogens with one attached hydrogen (secondary N) is 2. The fourth-order valence-corrected chi connectivity index (χ4v) is 5.68. The Bertz CT molecular complexity index is 1460. The largest absolute Gasteiger partial charge is 0.444 e. The number of anilines is 1. The van der Waals surface area contributed by atoms with Crippen molar-refractivity contribution in [3.63, 3.8) is 0 Å². The molecule has 3 amide bonds. The molecule has 2 N–H and O–H groups in total. The minimum Gasteiger partial charge on any atom is -0.444 e. The highest BCUT2D eigenvalue weighted by atomic mass is 16.6. The first-order chi connectivity index (χ1) is 21.1.